The van der Waals surface area contributed by atoms with Crippen molar-refractivity contribution in [1.29, 1.82) is 0 Å². The Labute approximate surface area is 123 Å². The number of carbonyl (C=O) groups excluding carboxylic acids is 1. The van der Waals surface area contributed by atoms with Crippen molar-refractivity contribution in [3.63, 3.8) is 0 Å². The quantitative estimate of drug-likeness (QED) is 0.906. The van der Waals surface area contributed by atoms with Crippen LogP contribution in [-0.4, -0.2) is 20.3 Å². The van der Waals surface area contributed by atoms with Gasteiger partial charge >= 0.3 is 6.09 Å². The van der Waals surface area contributed by atoms with Crippen LogP contribution in [0.2, 0.25) is 0 Å². The Balaban J connectivity index is 2.45. The first kappa shape index (κ1) is 14.9. The number of carbonyl (C=O) groups is 1. The maximum absolute atomic E-state index is 11.5. The third-order valence-electron chi connectivity index (χ3n) is 3.18. The van der Waals surface area contributed by atoms with E-state index in [-0.39, 0.29) is 6.04 Å². The molecule has 0 heterocycles. The van der Waals surface area contributed by atoms with Crippen LogP contribution in [0.4, 0.5) is 10.5 Å². The van der Waals surface area contributed by atoms with Crippen molar-refractivity contribution in [3.8, 4) is 5.75 Å². The van der Waals surface area contributed by atoms with Gasteiger partial charge in [-0.15, -0.1) is 0 Å². The summed E-state index contributed by atoms with van der Waals surface area (Å²) in [4.78, 5) is 11.5. The molecule has 5 nitrogen and oxygen atoms in total. The minimum absolute atomic E-state index is 0.381. The van der Waals surface area contributed by atoms with Crippen molar-refractivity contribution in [2.45, 2.75) is 6.04 Å². The number of hydrogen-bond donors (Lipinski definition) is 2. The molecule has 2 aromatic carbocycles. The van der Waals surface area contributed by atoms with Crippen molar-refractivity contribution >= 4 is 11.8 Å². The lowest BCUT2D eigenvalue weighted by Gasteiger charge is -2.19. The van der Waals surface area contributed by atoms with Crippen LogP contribution in [0, 0.1) is 0 Å². The molecule has 1 unspecified atom stereocenters. The van der Waals surface area contributed by atoms with Crippen molar-refractivity contribution in [2.24, 2.45) is 5.73 Å². The predicted molar refractivity (Wildman–Crippen MR) is 81.5 cm³/mol. The lowest BCUT2D eigenvalue weighted by molar-refractivity contribution is 0.186. The first-order chi connectivity index (χ1) is 10.2. The number of anilines is 1. The van der Waals surface area contributed by atoms with Crippen LogP contribution in [0.15, 0.2) is 48.5 Å². The molecule has 0 aliphatic heterocycles. The summed E-state index contributed by atoms with van der Waals surface area (Å²) >= 11 is 0. The van der Waals surface area contributed by atoms with E-state index in [9.17, 15) is 4.79 Å². The molecule has 2 aromatic rings. The molecule has 0 saturated heterocycles. The Kier molecular flexibility index (Phi) is 4.79. The van der Waals surface area contributed by atoms with Gasteiger partial charge < -0.3 is 15.2 Å². The average Bonchev–Trinajstić information content (AvgIpc) is 2.55. The molecule has 0 aromatic heterocycles. The average molecular weight is 286 g/mol. The molecule has 0 radical (unpaired) electrons. The number of nitrogens with two attached hydrogens (primary N) is 1. The maximum Gasteiger partial charge on any atom is 0.411 e. The highest BCUT2D eigenvalue weighted by Gasteiger charge is 2.18. The van der Waals surface area contributed by atoms with Gasteiger partial charge in [0.1, 0.15) is 5.75 Å². The molecule has 0 bridgehead atoms. The van der Waals surface area contributed by atoms with E-state index in [1.54, 1.807) is 6.07 Å². The number of nitrogens with one attached hydrogen (secondary N) is 1. The molecule has 110 valence electrons. The van der Waals surface area contributed by atoms with E-state index in [4.69, 9.17) is 10.5 Å². The summed E-state index contributed by atoms with van der Waals surface area (Å²) in [6.45, 7) is 0. The van der Waals surface area contributed by atoms with E-state index in [0.29, 0.717) is 11.4 Å². The second kappa shape index (κ2) is 6.76. The SMILES string of the molecule is COC(=O)Nc1c(OC)cccc1C(N)c1ccccc1. The molecular weight excluding hydrogens is 268 g/mol. The van der Waals surface area contributed by atoms with Gasteiger partial charge in [-0.25, -0.2) is 4.79 Å². The van der Waals surface area contributed by atoms with Gasteiger partial charge in [0.05, 0.1) is 25.9 Å². The number of methoxy groups -OCH3 is 2. The first-order valence-corrected chi connectivity index (χ1v) is 6.49. The van der Waals surface area contributed by atoms with Crippen molar-refractivity contribution in [3.05, 3.63) is 59.7 Å². The minimum Gasteiger partial charge on any atom is -0.495 e. The number of ether oxygens (including phenoxy) is 2. The second-order valence-corrected chi connectivity index (χ2v) is 4.43. The van der Waals surface area contributed by atoms with E-state index in [1.807, 2.05) is 42.5 Å². The minimum atomic E-state index is -0.569. The molecule has 0 spiro atoms. The number of benzene rings is 2. The second-order valence-electron chi connectivity index (χ2n) is 4.43. The number of rotatable bonds is 4. The van der Waals surface area contributed by atoms with Crippen LogP contribution in [0.25, 0.3) is 0 Å². The molecule has 2 rings (SSSR count). The topological polar surface area (TPSA) is 73.6 Å². The van der Waals surface area contributed by atoms with Gasteiger partial charge in [-0.05, 0) is 11.6 Å². The third-order valence-corrected chi connectivity index (χ3v) is 3.18. The molecule has 3 N–H and O–H groups in total. The molecule has 0 aliphatic carbocycles. The van der Waals surface area contributed by atoms with Gasteiger partial charge in [0.15, 0.2) is 0 Å². The summed E-state index contributed by atoms with van der Waals surface area (Å²) in [6, 6.07) is 14.7. The maximum atomic E-state index is 11.5. The standard InChI is InChI=1S/C16H18N2O3/c1-20-13-10-6-9-12(15(13)18-16(19)21-2)14(17)11-7-4-3-5-8-11/h3-10,14H,17H2,1-2H3,(H,18,19). The first-order valence-electron chi connectivity index (χ1n) is 6.49. The lowest BCUT2D eigenvalue weighted by atomic mass is 9.97. The Morgan fingerprint density at radius 3 is 2.43 bits per heavy atom. The van der Waals surface area contributed by atoms with E-state index in [1.165, 1.54) is 14.2 Å². The Bertz CT molecular complexity index is 614. The van der Waals surface area contributed by atoms with Crippen LogP contribution >= 0.6 is 0 Å². The van der Waals surface area contributed by atoms with E-state index < -0.39 is 6.09 Å². The molecule has 0 saturated carbocycles. The van der Waals surface area contributed by atoms with Gasteiger partial charge in [0.2, 0.25) is 0 Å². The van der Waals surface area contributed by atoms with Crippen LogP contribution in [0.3, 0.4) is 0 Å². The smallest absolute Gasteiger partial charge is 0.411 e. The normalized spacial score (nSPS) is 11.6. The summed E-state index contributed by atoms with van der Waals surface area (Å²) in [5.41, 5.74) is 8.53. The molecule has 1 atom stereocenters. The van der Waals surface area contributed by atoms with E-state index in [0.717, 1.165) is 11.1 Å². The van der Waals surface area contributed by atoms with Crippen LogP contribution in [0.1, 0.15) is 17.2 Å². The van der Waals surface area contributed by atoms with Gasteiger partial charge in [-0.1, -0.05) is 42.5 Å². The zero-order valence-electron chi connectivity index (χ0n) is 12.0. The molecular formula is C16H18N2O3. The summed E-state index contributed by atoms with van der Waals surface area (Å²) in [7, 11) is 2.84. The summed E-state index contributed by atoms with van der Waals surface area (Å²) in [6.07, 6.45) is -0.569. The van der Waals surface area contributed by atoms with Crippen molar-refractivity contribution in [2.75, 3.05) is 19.5 Å². The summed E-state index contributed by atoms with van der Waals surface area (Å²) in [5, 5.41) is 2.66. The Hall–Kier alpha value is -2.53. The molecule has 1 amide bonds. The van der Waals surface area contributed by atoms with Gasteiger partial charge in [-0.2, -0.15) is 0 Å². The van der Waals surface area contributed by atoms with Crippen LogP contribution in [0.5, 0.6) is 5.75 Å². The Morgan fingerprint density at radius 1 is 1.10 bits per heavy atom. The van der Waals surface area contributed by atoms with Gasteiger partial charge in [0.25, 0.3) is 0 Å². The van der Waals surface area contributed by atoms with Gasteiger partial charge in [0, 0.05) is 5.56 Å². The largest absolute Gasteiger partial charge is 0.495 e. The van der Waals surface area contributed by atoms with Crippen molar-refractivity contribution in [1.82, 2.24) is 0 Å². The number of hydrogen-bond acceptors (Lipinski definition) is 4. The van der Waals surface area contributed by atoms with Gasteiger partial charge in [-0.3, -0.25) is 5.32 Å². The summed E-state index contributed by atoms with van der Waals surface area (Å²) < 4.78 is 9.94. The highest BCUT2D eigenvalue weighted by atomic mass is 16.5. The highest BCUT2D eigenvalue weighted by molar-refractivity contribution is 5.88. The van der Waals surface area contributed by atoms with Crippen LogP contribution < -0.4 is 15.8 Å². The van der Waals surface area contributed by atoms with Crippen LogP contribution in [-0.2, 0) is 4.74 Å². The fourth-order valence-electron chi connectivity index (χ4n) is 2.10. The highest BCUT2D eigenvalue weighted by Crippen LogP contribution is 2.34. The van der Waals surface area contributed by atoms with E-state index in [2.05, 4.69) is 10.1 Å². The fraction of sp³-hybridized carbons (Fsp3) is 0.188. The molecule has 21 heavy (non-hydrogen) atoms. The van der Waals surface area contributed by atoms with Crippen molar-refractivity contribution < 1.29 is 14.3 Å². The third kappa shape index (κ3) is 3.32. The Morgan fingerprint density at radius 2 is 1.81 bits per heavy atom. The predicted octanol–water partition coefficient (Wildman–Crippen LogP) is 2.92. The molecule has 5 heteroatoms. The monoisotopic (exact) mass is 286 g/mol. The zero-order chi connectivity index (χ0) is 15.2. The fourth-order valence-corrected chi connectivity index (χ4v) is 2.10. The zero-order valence-corrected chi connectivity index (χ0v) is 12.0. The molecule has 0 aliphatic rings. The molecule has 0 fully saturated rings. The lowest BCUT2D eigenvalue weighted by Crippen LogP contribution is -2.18. The summed E-state index contributed by atoms with van der Waals surface area (Å²) in [5.74, 6) is 0.532. The van der Waals surface area contributed by atoms with E-state index >= 15 is 0 Å². The number of para-hydroxylation sites is 1. The number of amides is 1.